The van der Waals surface area contributed by atoms with Crippen LogP contribution in [0.2, 0.25) is 0 Å². The monoisotopic (exact) mass is 229 g/mol. The van der Waals surface area contributed by atoms with E-state index in [0.717, 1.165) is 11.3 Å². The smallest absolute Gasteiger partial charge is 0.115 e. The number of pyridine rings is 1. The molecular weight excluding hydrogens is 214 g/mol. The summed E-state index contributed by atoms with van der Waals surface area (Å²) >= 11 is 0. The minimum absolute atomic E-state index is 0.229. The van der Waals surface area contributed by atoms with Crippen LogP contribution >= 0.6 is 0 Å². The van der Waals surface area contributed by atoms with Crippen molar-refractivity contribution in [3.63, 3.8) is 0 Å². The van der Waals surface area contributed by atoms with Gasteiger partial charge in [-0.3, -0.25) is 4.98 Å². The van der Waals surface area contributed by atoms with Gasteiger partial charge >= 0.3 is 0 Å². The Morgan fingerprint density at radius 1 is 1.06 bits per heavy atom. The average molecular weight is 229 g/mol. The molecule has 0 spiro atoms. The number of nitrogens with zero attached hydrogens (tertiary/aromatic N) is 1. The molecule has 0 aliphatic carbocycles. The van der Waals surface area contributed by atoms with Crippen LogP contribution in [-0.2, 0) is 12.8 Å². The van der Waals surface area contributed by atoms with E-state index in [0.29, 0.717) is 12.8 Å². The highest BCUT2D eigenvalue weighted by molar-refractivity contribution is 5.27. The van der Waals surface area contributed by atoms with E-state index in [2.05, 4.69) is 4.98 Å². The fourth-order valence-corrected chi connectivity index (χ4v) is 1.79. The molecule has 1 aromatic carbocycles. The van der Waals surface area contributed by atoms with Gasteiger partial charge in [-0.1, -0.05) is 18.2 Å². The van der Waals surface area contributed by atoms with Crippen LogP contribution in [0.3, 0.4) is 0 Å². The normalized spacial score (nSPS) is 12.3. The first-order valence-corrected chi connectivity index (χ1v) is 5.60. The fraction of sp³-hybridized carbons (Fsp3) is 0.214. The molecule has 1 heterocycles. The lowest BCUT2D eigenvalue weighted by Gasteiger charge is -2.10. The Bertz CT molecular complexity index is 471. The lowest BCUT2D eigenvalue weighted by molar-refractivity contribution is 0.174. The summed E-state index contributed by atoms with van der Waals surface area (Å²) in [5, 5.41) is 19.2. The maximum Gasteiger partial charge on any atom is 0.115 e. The number of hydrogen-bond donors (Lipinski definition) is 2. The maximum absolute atomic E-state index is 9.93. The summed E-state index contributed by atoms with van der Waals surface area (Å²) in [6, 6.07) is 12.6. The van der Waals surface area contributed by atoms with Gasteiger partial charge in [0.2, 0.25) is 0 Å². The zero-order chi connectivity index (χ0) is 12.1. The SMILES string of the molecule is Oc1cccc(CC(O)Cc2ccccn2)c1. The molecule has 0 aliphatic heterocycles. The third-order valence-corrected chi connectivity index (χ3v) is 2.55. The molecule has 88 valence electrons. The average Bonchev–Trinajstić information content (AvgIpc) is 2.30. The number of rotatable bonds is 4. The van der Waals surface area contributed by atoms with Crippen molar-refractivity contribution in [3.8, 4) is 5.75 Å². The van der Waals surface area contributed by atoms with Gasteiger partial charge in [0.25, 0.3) is 0 Å². The van der Waals surface area contributed by atoms with Gasteiger partial charge in [0, 0.05) is 18.3 Å². The van der Waals surface area contributed by atoms with Gasteiger partial charge in [-0.15, -0.1) is 0 Å². The second kappa shape index (κ2) is 5.46. The van der Waals surface area contributed by atoms with Crippen molar-refractivity contribution in [1.29, 1.82) is 0 Å². The van der Waals surface area contributed by atoms with Gasteiger partial charge in [-0.05, 0) is 36.2 Å². The van der Waals surface area contributed by atoms with Crippen LogP contribution in [0.15, 0.2) is 48.7 Å². The predicted molar refractivity (Wildman–Crippen MR) is 65.8 cm³/mol. The van der Waals surface area contributed by atoms with Crippen molar-refractivity contribution in [1.82, 2.24) is 4.98 Å². The Hall–Kier alpha value is -1.87. The number of phenolic OH excluding ortho intramolecular Hbond substituents is 1. The Balaban J connectivity index is 1.96. The molecule has 0 saturated heterocycles. The number of aromatic hydroxyl groups is 1. The van der Waals surface area contributed by atoms with Crippen LogP contribution in [-0.4, -0.2) is 21.3 Å². The van der Waals surface area contributed by atoms with Gasteiger partial charge in [0.1, 0.15) is 5.75 Å². The molecule has 0 bridgehead atoms. The van der Waals surface area contributed by atoms with Crippen LogP contribution in [0.4, 0.5) is 0 Å². The minimum atomic E-state index is -0.480. The summed E-state index contributed by atoms with van der Waals surface area (Å²) in [6.45, 7) is 0. The maximum atomic E-state index is 9.93. The molecular formula is C14H15NO2. The Morgan fingerprint density at radius 2 is 1.94 bits per heavy atom. The molecule has 1 aromatic heterocycles. The molecule has 2 aromatic rings. The van der Waals surface area contributed by atoms with E-state index in [4.69, 9.17) is 0 Å². The highest BCUT2D eigenvalue weighted by Crippen LogP contribution is 2.13. The quantitative estimate of drug-likeness (QED) is 0.842. The van der Waals surface area contributed by atoms with Crippen LogP contribution in [0, 0.1) is 0 Å². The molecule has 0 fully saturated rings. The lowest BCUT2D eigenvalue weighted by Crippen LogP contribution is -2.14. The van der Waals surface area contributed by atoms with Crippen LogP contribution in [0.1, 0.15) is 11.3 Å². The molecule has 0 saturated carbocycles. The van der Waals surface area contributed by atoms with Crippen molar-refractivity contribution in [2.24, 2.45) is 0 Å². The van der Waals surface area contributed by atoms with Gasteiger partial charge < -0.3 is 10.2 Å². The van der Waals surface area contributed by atoms with Crippen LogP contribution < -0.4 is 0 Å². The van der Waals surface area contributed by atoms with Gasteiger partial charge in [-0.2, -0.15) is 0 Å². The first kappa shape index (κ1) is 11.6. The standard InChI is InChI=1S/C14H15NO2/c16-13-6-3-4-11(8-13)9-14(17)10-12-5-1-2-7-15-12/h1-8,14,16-17H,9-10H2. The van der Waals surface area contributed by atoms with Gasteiger partial charge in [0.05, 0.1) is 6.10 Å². The molecule has 2 N–H and O–H groups in total. The zero-order valence-electron chi connectivity index (χ0n) is 9.45. The molecule has 1 unspecified atom stereocenters. The van der Waals surface area contributed by atoms with Crippen molar-refractivity contribution >= 4 is 0 Å². The minimum Gasteiger partial charge on any atom is -0.508 e. The van der Waals surface area contributed by atoms with Crippen molar-refractivity contribution in [2.75, 3.05) is 0 Å². The van der Waals surface area contributed by atoms with Gasteiger partial charge in [0.15, 0.2) is 0 Å². The Kier molecular flexibility index (Phi) is 3.73. The van der Waals surface area contributed by atoms with Crippen molar-refractivity contribution in [3.05, 3.63) is 59.9 Å². The molecule has 2 rings (SSSR count). The number of aliphatic hydroxyl groups excluding tert-OH is 1. The fourth-order valence-electron chi connectivity index (χ4n) is 1.79. The topological polar surface area (TPSA) is 53.4 Å². The summed E-state index contributed by atoms with van der Waals surface area (Å²) in [5.74, 6) is 0.229. The van der Waals surface area contributed by atoms with E-state index in [1.54, 1.807) is 24.4 Å². The van der Waals surface area contributed by atoms with Crippen LogP contribution in [0.5, 0.6) is 5.75 Å². The number of hydrogen-bond acceptors (Lipinski definition) is 3. The highest BCUT2D eigenvalue weighted by Gasteiger charge is 2.07. The summed E-state index contributed by atoms with van der Waals surface area (Å²) in [7, 11) is 0. The third kappa shape index (κ3) is 3.57. The van der Waals surface area contributed by atoms with E-state index in [1.807, 2.05) is 24.3 Å². The number of aliphatic hydroxyl groups is 1. The predicted octanol–water partition coefficient (Wildman–Crippen LogP) is 1.93. The molecule has 17 heavy (non-hydrogen) atoms. The molecule has 0 aliphatic rings. The highest BCUT2D eigenvalue weighted by atomic mass is 16.3. The Labute approximate surface area is 100 Å². The summed E-state index contributed by atoms with van der Waals surface area (Å²) in [5.41, 5.74) is 1.80. The van der Waals surface area contributed by atoms with Crippen molar-refractivity contribution in [2.45, 2.75) is 18.9 Å². The van der Waals surface area contributed by atoms with Gasteiger partial charge in [-0.25, -0.2) is 0 Å². The zero-order valence-corrected chi connectivity index (χ0v) is 9.45. The van der Waals surface area contributed by atoms with E-state index in [9.17, 15) is 10.2 Å². The number of phenols is 1. The summed E-state index contributed by atoms with van der Waals surface area (Å²) in [4.78, 5) is 4.17. The van der Waals surface area contributed by atoms with Crippen LogP contribution in [0.25, 0.3) is 0 Å². The Morgan fingerprint density at radius 3 is 2.65 bits per heavy atom. The molecule has 0 amide bonds. The number of benzene rings is 1. The molecule has 1 atom stereocenters. The third-order valence-electron chi connectivity index (χ3n) is 2.55. The van der Waals surface area contributed by atoms with E-state index in [1.165, 1.54) is 0 Å². The largest absolute Gasteiger partial charge is 0.508 e. The molecule has 3 heteroatoms. The number of aromatic nitrogens is 1. The molecule has 0 radical (unpaired) electrons. The molecule has 3 nitrogen and oxygen atoms in total. The first-order chi connectivity index (χ1) is 8.24. The van der Waals surface area contributed by atoms with Crippen molar-refractivity contribution < 1.29 is 10.2 Å². The first-order valence-electron chi connectivity index (χ1n) is 5.60. The second-order valence-electron chi connectivity index (χ2n) is 4.05. The summed E-state index contributed by atoms with van der Waals surface area (Å²) in [6.07, 6.45) is 2.28. The lowest BCUT2D eigenvalue weighted by atomic mass is 10.0. The van der Waals surface area contributed by atoms with E-state index >= 15 is 0 Å². The summed E-state index contributed by atoms with van der Waals surface area (Å²) < 4.78 is 0. The van der Waals surface area contributed by atoms with E-state index < -0.39 is 6.10 Å². The van der Waals surface area contributed by atoms with E-state index in [-0.39, 0.29) is 5.75 Å². The second-order valence-corrected chi connectivity index (χ2v) is 4.05.